The second kappa shape index (κ2) is 13.9. The molecule has 0 atom stereocenters. The van der Waals surface area contributed by atoms with E-state index in [2.05, 4.69) is 95.4 Å². The van der Waals surface area contributed by atoms with Gasteiger partial charge >= 0.3 is 39.3 Å². The fourth-order valence-electron chi connectivity index (χ4n) is 3.68. The first-order valence-corrected chi connectivity index (χ1v) is 16.8. The van der Waals surface area contributed by atoms with Gasteiger partial charge in [-0.2, -0.15) is 0 Å². The highest BCUT2D eigenvalue weighted by molar-refractivity contribution is 7.09. The van der Waals surface area contributed by atoms with E-state index in [1.165, 1.54) is 0 Å². The Morgan fingerprint density at radius 1 is 0.543 bits per heavy atom. The summed E-state index contributed by atoms with van der Waals surface area (Å²) in [4.78, 5) is 0. The van der Waals surface area contributed by atoms with Crippen molar-refractivity contribution in [1.82, 2.24) is 0 Å². The van der Waals surface area contributed by atoms with Gasteiger partial charge in [0.25, 0.3) is 8.32 Å². The molecule has 4 aromatic rings. The Hall–Kier alpha value is -2.02. The molecule has 0 aliphatic rings. The van der Waals surface area contributed by atoms with E-state index >= 15 is 0 Å². The molecule has 10 radical (unpaired) electrons. The van der Waals surface area contributed by atoms with Crippen LogP contribution in [0.2, 0.25) is 0 Å². The Bertz CT molecular complexity index is 1030. The molecule has 0 heterocycles. The Kier molecular flexibility index (Phi) is 10.4. The second-order valence-electron chi connectivity index (χ2n) is 7.19. The van der Waals surface area contributed by atoms with Gasteiger partial charge in [0.15, 0.2) is 0 Å². The van der Waals surface area contributed by atoms with Crippen molar-refractivity contribution in [3.05, 3.63) is 121 Å². The first-order chi connectivity index (χ1) is 17.3. The zero-order valence-corrected chi connectivity index (χ0v) is 24.6. The van der Waals surface area contributed by atoms with Crippen LogP contribution in [0.15, 0.2) is 121 Å². The largest absolute Gasteiger partial charge is 0.435 e. The maximum Gasteiger partial charge on any atom is 0.413 e. The lowest BCUT2D eigenvalue weighted by Gasteiger charge is -2.35. The van der Waals surface area contributed by atoms with Gasteiger partial charge in [0, 0.05) is 0 Å². The average Bonchev–Trinajstić information content (AvgIpc) is 2.94. The maximum atomic E-state index is 7.29. The molecule has 0 bridgehead atoms. The molecule has 4 aromatic carbocycles. The zero-order chi connectivity index (χ0) is 24.2. The van der Waals surface area contributed by atoms with E-state index in [0.717, 1.165) is 20.7 Å². The smallest absolute Gasteiger partial charge is 0.413 e. The molecular weight excluding hydrogens is 537 g/mol. The highest BCUT2D eigenvalue weighted by atomic mass is 28.4. The maximum absolute atomic E-state index is 7.29. The summed E-state index contributed by atoms with van der Waals surface area (Å²) in [6, 6.07) is 41.6. The fraction of sp³-hybridized carbons (Fsp3) is 0. The Balaban J connectivity index is 1.76. The van der Waals surface area contributed by atoms with Crippen LogP contribution in [0.25, 0.3) is 0 Å². The van der Waals surface area contributed by atoms with Crippen molar-refractivity contribution in [2.45, 2.75) is 0 Å². The van der Waals surface area contributed by atoms with E-state index in [0.29, 0.717) is 0 Å². The van der Waals surface area contributed by atoms with Crippen molar-refractivity contribution < 1.29 is 20.6 Å². The molecule has 35 heavy (non-hydrogen) atoms. The molecule has 11 heteroatoms. The predicted molar refractivity (Wildman–Crippen MR) is 144 cm³/mol. The lowest BCUT2D eigenvalue weighted by molar-refractivity contribution is 0.380. The first kappa shape index (κ1) is 26.1. The standard InChI is InChI=1S/C24H20O5Si6/c30-25-31-26-32-27-33-28-34(21-13-5-1-6-14-21)29-35(22-15-7-2-8-16-22,23-17-9-3-10-18-23)24-19-11-4-12-20-24/h1-20H. The molecule has 4 rings (SSSR count). The fourth-order valence-corrected chi connectivity index (χ4v) is 13.3. The summed E-state index contributed by atoms with van der Waals surface area (Å²) in [7, 11) is -2.52. The van der Waals surface area contributed by atoms with E-state index < -0.39 is 17.6 Å². The number of hydrogen-bond donors (Lipinski definition) is 0. The van der Waals surface area contributed by atoms with Crippen LogP contribution in [0, 0.1) is 0 Å². The third-order valence-corrected chi connectivity index (χ3v) is 14.1. The Labute approximate surface area is 220 Å². The normalized spacial score (nSPS) is 11.6. The quantitative estimate of drug-likeness (QED) is 0.139. The Morgan fingerprint density at radius 3 is 1.43 bits per heavy atom. The molecule has 0 spiro atoms. The van der Waals surface area contributed by atoms with E-state index in [4.69, 9.17) is 20.6 Å². The van der Waals surface area contributed by atoms with Gasteiger partial charge in [-0.05, 0) is 20.7 Å². The summed E-state index contributed by atoms with van der Waals surface area (Å²) < 4.78 is 29.2. The highest BCUT2D eigenvalue weighted by Crippen LogP contribution is 2.12. The summed E-state index contributed by atoms with van der Waals surface area (Å²) >= 11 is 0. The van der Waals surface area contributed by atoms with Crippen molar-refractivity contribution in [3.63, 3.8) is 0 Å². The molecule has 0 aromatic heterocycles. The molecule has 0 N–H and O–H groups in total. The van der Waals surface area contributed by atoms with E-state index in [1.54, 1.807) is 0 Å². The molecular formula is C24H20O5Si6. The minimum atomic E-state index is -2.94. The van der Waals surface area contributed by atoms with E-state index in [-0.39, 0.29) is 30.0 Å². The molecule has 0 fully saturated rings. The van der Waals surface area contributed by atoms with Crippen molar-refractivity contribution in [1.29, 1.82) is 0 Å². The van der Waals surface area contributed by atoms with E-state index in [1.807, 2.05) is 36.4 Å². The van der Waals surface area contributed by atoms with E-state index in [9.17, 15) is 0 Å². The Morgan fingerprint density at radius 2 is 0.971 bits per heavy atom. The summed E-state index contributed by atoms with van der Waals surface area (Å²) in [5, 5.41) is 4.49. The zero-order valence-electron chi connectivity index (χ0n) is 18.6. The van der Waals surface area contributed by atoms with Crippen LogP contribution >= 0.6 is 0 Å². The van der Waals surface area contributed by atoms with Crippen molar-refractivity contribution >= 4 is 78.9 Å². The lowest BCUT2D eigenvalue weighted by atomic mass is 10.3. The van der Waals surface area contributed by atoms with Gasteiger partial charge < -0.3 is 20.6 Å². The van der Waals surface area contributed by atoms with Gasteiger partial charge in [-0.25, -0.2) is 0 Å². The van der Waals surface area contributed by atoms with Gasteiger partial charge in [-0.1, -0.05) is 121 Å². The second-order valence-corrected chi connectivity index (χ2v) is 16.0. The molecule has 0 unspecified atom stereocenters. The molecule has 0 amide bonds. The minimum Gasteiger partial charge on any atom is -0.435 e. The van der Waals surface area contributed by atoms with Gasteiger partial charge in [0.1, 0.15) is 0 Å². The average molecular weight is 557 g/mol. The third-order valence-electron chi connectivity index (χ3n) is 5.14. The molecule has 0 aliphatic carbocycles. The minimum absolute atomic E-state index is 0.138. The van der Waals surface area contributed by atoms with Gasteiger partial charge in [0.05, 0.1) is 0 Å². The molecule has 0 saturated carbocycles. The summed E-state index contributed by atoms with van der Waals surface area (Å²) in [6.07, 6.45) is 0. The van der Waals surface area contributed by atoms with Crippen molar-refractivity contribution in [3.8, 4) is 0 Å². The van der Waals surface area contributed by atoms with Crippen LogP contribution in [-0.2, 0) is 20.6 Å². The third kappa shape index (κ3) is 6.81. The van der Waals surface area contributed by atoms with Crippen molar-refractivity contribution in [2.24, 2.45) is 0 Å². The number of hydrogen-bond acceptors (Lipinski definition) is 5. The van der Waals surface area contributed by atoms with Crippen LogP contribution in [0.4, 0.5) is 0 Å². The summed E-state index contributed by atoms with van der Waals surface area (Å²) in [6.45, 7) is 0. The van der Waals surface area contributed by atoms with Crippen molar-refractivity contribution in [2.75, 3.05) is 0 Å². The van der Waals surface area contributed by atoms with Crippen LogP contribution in [0.5, 0.6) is 0 Å². The lowest BCUT2D eigenvalue weighted by Crippen LogP contribution is -2.72. The molecule has 170 valence electrons. The number of benzene rings is 4. The SMILES string of the molecule is [Si]O[Si]O[Si]O[Si]O[Si](O[Si](c1ccccc1)(c1ccccc1)c1ccccc1)c1ccccc1. The highest BCUT2D eigenvalue weighted by Gasteiger charge is 2.45. The summed E-state index contributed by atoms with van der Waals surface area (Å²) in [5.41, 5.74) is 0. The van der Waals surface area contributed by atoms with Crippen LogP contribution < -0.4 is 20.7 Å². The van der Waals surface area contributed by atoms with Crippen LogP contribution in [0.1, 0.15) is 0 Å². The molecule has 0 aliphatic heterocycles. The van der Waals surface area contributed by atoms with Gasteiger partial charge in [0.2, 0.25) is 10.5 Å². The van der Waals surface area contributed by atoms with Crippen LogP contribution in [-0.4, -0.2) is 58.1 Å². The molecule has 0 saturated heterocycles. The molecule has 5 nitrogen and oxygen atoms in total. The number of rotatable bonds is 13. The monoisotopic (exact) mass is 556 g/mol. The van der Waals surface area contributed by atoms with Crippen LogP contribution in [0.3, 0.4) is 0 Å². The first-order valence-electron chi connectivity index (χ1n) is 10.7. The predicted octanol–water partition coefficient (Wildman–Crippen LogP) is 0.818. The van der Waals surface area contributed by atoms with Gasteiger partial charge in [-0.3, -0.25) is 0 Å². The van der Waals surface area contributed by atoms with Gasteiger partial charge in [-0.15, -0.1) is 0 Å². The summed E-state index contributed by atoms with van der Waals surface area (Å²) in [5.74, 6) is 0. The topological polar surface area (TPSA) is 46.2 Å².